The number of pyridine rings is 1. The predicted octanol–water partition coefficient (Wildman–Crippen LogP) is 3.23. The van der Waals surface area contributed by atoms with E-state index >= 15 is 0 Å². The molecule has 0 atom stereocenters. The molecule has 1 aromatic carbocycles. The lowest BCUT2D eigenvalue weighted by Crippen LogP contribution is -2.29. The number of aromatic nitrogens is 1. The van der Waals surface area contributed by atoms with E-state index in [9.17, 15) is 4.79 Å². The first-order chi connectivity index (χ1) is 11.7. The van der Waals surface area contributed by atoms with Crippen LogP contribution in [-0.4, -0.2) is 29.7 Å². The number of piperidine rings is 1. The summed E-state index contributed by atoms with van der Waals surface area (Å²) in [6.45, 7) is 4.15. The average molecular weight is 322 g/mol. The SMILES string of the molecule is C/C(=N\NC(=O)c1cccnc1)c1ccc(N2CCCCC2)cc1. The van der Waals surface area contributed by atoms with Crippen molar-refractivity contribution in [2.75, 3.05) is 18.0 Å². The molecule has 1 aliphatic rings. The Morgan fingerprint density at radius 1 is 1.08 bits per heavy atom. The van der Waals surface area contributed by atoms with Crippen LogP contribution < -0.4 is 10.3 Å². The molecule has 1 amide bonds. The van der Waals surface area contributed by atoms with Crippen molar-refractivity contribution in [3.63, 3.8) is 0 Å². The van der Waals surface area contributed by atoms with Crippen molar-refractivity contribution in [2.24, 2.45) is 5.10 Å². The van der Waals surface area contributed by atoms with Gasteiger partial charge in [0, 0.05) is 31.2 Å². The number of anilines is 1. The third-order valence-electron chi connectivity index (χ3n) is 4.26. The van der Waals surface area contributed by atoms with E-state index in [1.807, 2.05) is 6.92 Å². The van der Waals surface area contributed by atoms with Crippen molar-refractivity contribution in [2.45, 2.75) is 26.2 Å². The first-order valence-corrected chi connectivity index (χ1v) is 8.34. The fourth-order valence-electron chi connectivity index (χ4n) is 2.83. The Morgan fingerprint density at radius 3 is 2.50 bits per heavy atom. The standard InChI is InChI=1S/C19H22N4O/c1-15(21-22-19(24)17-6-5-11-20-14-17)16-7-9-18(10-8-16)23-12-3-2-4-13-23/h5-11,14H,2-4,12-13H2,1H3,(H,22,24)/b21-15+. The van der Waals surface area contributed by atoms with Crippen LogP contribution in [0.15, 0.2) is 53.9 Å². The maximum absolute atomic E-state index is 12.0. The Kier molecular flexibility index (Phi) is 5.21. The number of hydrazone groups is 1. The summed E-state index contributed by atoms with van der Waals surface area (Å²) < 4.78 is 0. The molecular formula is C19H22N4O. The molecule has 0 aliphatic carbocycles. The van der Waals surface area contributed by atoms with Gasteiger partial charge in [-0.25, -0.2) is 5.43 Å². The summed E-state index contributed by atoms with van der Waals surface area (Å²) in [6, 6.07) is 11.8. The first-order valence-electron chi connectivity index (χ1n) is 8.34. The van der Waals surface area contributed by atoms with Crippen molar-refractivity contribution in [1.82, 2.24) is 10.4 Å². The van der Waals surface area contributed by atoms with Crippen LogP contribution >= 0.6 is 0 Å². The average Bonchev–Trinajstić information content (AvgIpc) is 2.67. The zero-order valence-corrected chi connectivity index (χ0v) is 13.9. The predicted molar refractivity (Wildman–Crippen MR) is 96.4 cm³/mol. The maximum atomic E-state index is 12.0. The molecular weight excluding hydrogens is 300 g/mol. The molecule has 2 heterocycles. The van der Waals surface area contributed by atoms with Crippen molar-refractivity contribution in [1.29, 1.82) is 0 Å². The second kappa shape index (κ2) is 7.73. The molecule has 24 heavy (non-hydrogen) atoms. The van der Waals surface area contributed by atoms with Crippen LogP contribution in [-0.2, 0) is 0 Å². The molecule has 124 valence electrons. The minimum atomic E-state index is -0.257. The normalized spacial score (nSPS) is 15.2. The van der Waals surface area contributed by atoms with Crippen molar-refractivity contribution < 1.29 is 4.79 Å². The third kappa shape index (κ3) is 3.98. The maximum Gasteiger partial charge on any atom is 0.272 e. The van der Waals surface area contributed by atoms with Crippen LogP contribution in [0.5, 0.6) is 0 Å². The molecule has 1 aliphatic heterocycles. The number of carbonyl (C=O) groups is 1. The van der Waals surface area contributed by atoms with Gasteiger partial charge in [-0.1, -0.05) is 12.1 Å². The Balaban J connectivity index is 1.64. The minimum absolute atomic E-state index is 0.257. The lowest BCUT2D eigenvalue weighted by atomic mass is 10.1. The molecule has 1 N–H and O–H groups in total. The van der Waals surface area contributed by atoms with Crippen LogP contribution in [0.2, 0.25) is 0 Å². The highest BCUT2D eigenvalue weighted by molar-refractivity contribution is 6.01. The summed E-state index contributed by atoms with van der Waals surface area (Å²) in [5, 5.41) is 4.19. The zero-order valence-electron chi connectivity index (χ0n) is 13.9. The van der Waals surface area contributed by atoms with Gasteiger partial charge in [-0.2, -0.15) is 5.10 Å². The molecule has 0 radical (unpaired) electrons. The zero-order chi connectivity index (χ0) is 16.8. The highest BCUT2D eigenvalue weighted by atomic mass is 16.2. The third-order valence-corrected chi connectivity index (χ3v) is 4.26. The molecule has 0 spiro atoms. The summed E-state index contributed by atoms with van der Waals surface area (Å²) in [4.78, 5) is 18.3. The van der Waals surface area contributed by atoms with E-state index in [-0.39, 0.29) is 5.91 Å². The molecule has 1 fully saturated rings. The Bertz CT molecular complexity index is 704. The van der Waals surface area contributed by atoms with Crippen LogP contribution in [0.25, 0.3) is 0 Å². The number of carbonyl (C=O) groups excluding carboxylic acids is 1. The second-order valence-corrected chi connectivity index (χ2v) is 5.97. The fourth-order valence-corrected chi connectivity index (χ4v) is 2.83. The molecule has 0 bridgehead atoms. The van der Waals surface area contributed by atoms with Gasteiger partial charge in [0.25, 0.3) is 5.91 Å². The van der Waals surface area contributed by atoms with Crippen molar-refractivity contribution in [3.8, 4) is 0 Å². The van der Waals surface area contributed by atoms with Gasteiger partial charge >= 0.3 is 0 Å². The molecule has 2 aromatic rings. The van der Waals surface area contributed by atoms with E-state index in [0.717, 1.165) is 24.4 Å². The van der Waals surface area contributed by atoms with Crippen molar-refractivity contribution >= 4 is 17.3 Å². The van der Waals surface area contributed by atoms with Gasteiger partial charge < -0.3 is 4.90 Å². The number of nitrogens with zero attached hydrogens (tertiary/aromatic N) is 3. The van der Waals surface area contributed by atoms with Crippen LogP contribution in [0.1, 0.15) is 42.1 Å². The number of hydrogen-bond acceptors (Lipinski definition) is 4. The Labute approximate surface area is 142 Å². The molecule has 0 saturated carbocycles. The van der Waals surface area contributed by atoms with Gasteiger partial charge in [0.1, 0.15) is 0 Å². The number of amides is 1. The van der Waals surface area contributed by atoms with Crippen molar-refractivity contribution in [3.05, 3.63) is 59.9 Å². The van der Waals surface area contributed by atoms with Gasteiger partial charge in [-0.05, 0) is 56.0 Å². The van der Waals surface area contributed by atoms with Crippen LogP contribution in [0.3, 0.4) is 0 Å². The lowest BCUT2D eigenvalue weighted by Gasteiger charge is -2.28. The highest BCUT2D eigenvalue weighted by Gasteiger charge is 2.11. The molecule has 0 unspecified atom stereocenters. The van der Waals surface area contributed by atoms with E-state index in [1.54, 1.807) is 18.3 Å². The second-order valence-electron chi connectivity index (χ2n) is 5.97. The van der Waals surface area contributed by atoms with E-state index < -0.39 is 0 Å². The highest BCUT2D eigenvalue weighted by Crippen LogP contribution is 2.20. The van der Waals surface area contributed by atoms with Gasteiger partial charge in [-0.15, -0.1) is 0 Å². The van der Waals surface area contributed by atoms with Crippen LogP contribution in [0.4, 0.5) is 5.69 Å². The monoisotopic (exact) mass is 322 g/mol. The molecule has 5 heteroatoms. The first kappa shape index (κ1) is 16.2. The van der Waals surface area contributed by atoms with E-state index in [2.05, 4.69) is 44.7 Å². The summed E-state index contributed by atoms with van der Waals surface area (Å²) in [7, 11) is 0. The molecule has 1 saturated heterocycles. The van der Waals surface area contributed by atoms with Gasteiger partial charge in [-0.3, -0.25) is 9.78 Å². The number of hydrogen-bond donors (Lipinski definition) is 1. The molecule has 1 aromatic heterocycles. The van der Waals surface area contributed by atoms with E-state index in [4.69, 9.17) is 0 Å². The van der Waals surface area contributed by atoms with Crippen LogP contribution in [0, 0.1) is 0 Å². The summed E-state index contributed by atoms with van der Waals surface area (Å²) in [5.41, 5.74) is 6.10. The smallest absolute Gasteiger partial charge is 0.272 e. The van der Waals surface area contributed by atoms with Gasteiger partial charge in [0.2, 0.25) is 0 Å². The summed E-state index contributed by atoms with van der Waals surface area (Å²) in [6.07, 6.45) is 7.02. The number of nitrogens with one attached hydrogen (secondary N) is 1. The Morgan fingerprint density at radius 2 is 1.83 bits per heavy atom. The summed E-state index contributed by atoms with van der Waals surface area (Å²) >= 11 is 0. The lowest BCUT2D eigenvalue weighted by molar-refractivity contribution is 0.0954. The minimum Gasteiger partial charge on any atom is -0.372 e. The molecule has 3 rings (SSSR count). The number of benzene rings is 1. The van der Waals surface area contributed by atoms with Gasteiger partial charge in [0.05, 0.1) is 11.3 Å². The Hall–Kier alpha value is -2.69. The topological polar surface area (TPSA) is 57.6 Å². The van der Waals surface area contributed by atoms with E-state index in [1.165, 1.54) is 31.1 Å². The molecule has 5 nitrogen and oxygen atoms in total. The van der Waals surface area contributed by atoms with E-state index in [0.29, 0.717) is 5.56 Å². The summed E-state index contributed by atoms with van der Waals surface area (Å²) in [5.74, 6) is -0.257. The quantitative estimate of drug-likeness (QED) is 0.694. The number of rotatable bonds is 4. The largest absolute Gasteiger partial charge is 0.372 e. The van der Waals surface area contributed by atoms with Gasteiger partial charge in [0.15, 0.2) is 0 Å². The fraction of sp³-hybridized carbons (Fsp3) is 0.316.